The van der Waals surface area contributed by atoms with Gasteiger partial charge in [-0.25, -0.2) is 18.2 Å². The van der Waals surface area contributed by atoms with Crippen LogP contribution in [-0.2, 0) is 20.8 Å². The number of carbonyl (C=O) groups is 1. The van der Waals surface area contributed by atoms with Crippen LogP contribution in [0.3, 0.4) is 0 Å². The number of sulfone groups is 1. The molecule has 1 unspecified atom stereocenters. The molecule has 1 aliphatic rings. The molecule has 1 amide bonds. The number of thioether (sulfide) groups is 1. The molecule has 2 aromatic rings. The maximum atomic E-state index is 14.1. The van der Waals surface area contributed by atoms with Crippen LogP contribution in [0.5, 0.6) is 0 Å². The Hall–Kier alpha value is -2.95. The number of amidine groups is 1. The van der Waals surface area contributed by atoms with E-state index in [-0.39, 0.29) is 50.1 Å². The van der Waals surface area contributed by atoms with E-state index in [2.05, 4.69) is 10.3 Å². The number of rotatable bonds is 5. The number of alkyl halides is 3. The number of benzene rings is 2. The first kappa shape index (κ1) is 32.6. The molecule has 2 aromatic carbocycles. The number of nitrogens with zero attached hydrogens (tertiary/aromatic N) is 3. The lowest BCUT2D eigenvalue weighted by molar-refractivity contribution is -0.137. The van der Waals surface area contributed by atoms with Gasteiger partial charge in [0, 0.05) is 18.7 Å². The van der Waals surface area contributed by atoms with Crippen LogP contribution >= 0.6 is 23.4 Å². The lowest BCUT2D eigenvalue weighted by atomic mass is 9.98. The van der Waals surface area contributed by atoms with E-state index in [1.54, 1.807) is 33.2 Å². The molecule has 0 aromatic heterocycles. The molecule has 0 bridgehead atoms. The first-order valence-electron chi connectivity index (χ1n) is 12.5. The van der Waals surface area contributed by atoms with Gasteiger partial charge in [0.2, 0.25) is 0 Å². The van der Waals surface area contributed by atoms with Crippen molar-refractivity contribution < 1.29 is 31.1 Å². The van der Waals surface area contributed by atoms with E-state index in [0.29, 0.717) is 19.4 Å². The molecule has 14 heteroatoms. The summed E-state index contributed by atoms with van der Waals surface area (Å²) in [5.74, 6) is -0.538. The number of halogens is 4. The van der Waals surface area contributed by atoms with Crippen LogP contribution in [0.1, 0.15) is 39.2 Å². The highest BCUT2D eigenvalue weighted by atomic mass is 35.5. The third-order valence-corrected chi connectivity index (χ3v) is 8.87. The maximum absolute atomic E-state index is 14.1. The van der Waals surface area contributed by atoms with Crippen molar-refractivity contribution in [1.82, 2.24) is 10.2 Å². The molecule has 8 nitrogen and oxygen atoms in total. The number of hydrogen-bond donors (Lipinski definition) is 1. The fraction of sp³-hybridized carbons (Fsp3) is 0.444. The van der Waals surface area contributed by atoms with Crippen LogP contribution < -0.4 is 5.32 Å². The predicted octanol–water partition coefficient (Wildman–Crippen LogP) is 6.87. The molecule has 222 valence electrons. The highest BCUT2D eigenvalue weighted by Crippen LogP contribution is 2.43. The number of amides is 1. The molecular formula is C27H30ClF3N4O4S2. The van der Waals surface area contributed by atoms with Crippen molar-refractivity contribution in [3.8, 4) is 17.3 Å². The van der Waals surface area contributed by atoms with Crippen molar-refractivity contribution >= 4 is 50.1 Å². The quantitative estimate of drug-likeness (QED) is 0.166. The van der Waals surface area contributed by atoms with Crippen LogP contribution in [0.25, 0.3) is 11.1 Å². The molecule has 0 aliphatic carbocycles. The molecular weight excluding hydrogens is 601 g/mol. The van der Waals surface area contributed by atoms with Gasteiger partial charge in [-0.2, -0.15) is 18.4 Å². The van der Waals surface area contributed by atoms with Crippen LogP contribution in [0.15, 0.2) is 46.3 Å². The molecule has 3 rings (SSSR count). The van der Waals surface area contributed by atoms with Crippen LogP contribution in [0.4, 0.5) is 23.7 Å². The highest BCUT2D eigenvalue weighted by molar-refractivity contribution is 8.13. The summed E-state index contributed by atoms with van der Waals surface area (Å²) in [6.45, 7) is 5.96. The summed E-state index contributed by atoms with van der Waals surface area (Å²) in [4.78, 5) is 17.9. The Bertz CT molecular complexity index is 1450. The number of aliphatic imine (C=N–C) groups is 1. The lowest BCUT2D eigenvalue weighted by Gasteiger charge is -2.34. The minimum atomic E-state index is -4.79. The average Bonchev–Trinajstić information content (AvgIpc) is 2.86. The predicted molar refractivity (Wildman–Crippen MR) is 154 cm³/mol. The van der Waals surface area contributed by atoms with Crippen molar-refractivity contribution in [1.29, 1.82) is 5.26 Å². The molecule has 1 fully saturated rings. The summed E-state index contributed by atoms with van der Waals surface area (Å²) in [6.07, 6.45) is -0.786. The Morgan fingerprint density at radius 1 is 1.24 bits per heavy atom. The van der Waals surface area contributed by atoms with Gasteiger partial charge in [0.1, 0.15) is 5.60 Å². The fourth-order valence-electron chi connectivity index (χ4n) is 4.39. The summed E-state index contributed by atoms with van der Waals surface area (Å²) in [5, 5.41) is 10.9. The summed E-state index contributed by atoms with van der Waals surface area (Å²) in [7, 11) is -3.81. The minimum absolute atomic E-state index is 0.0475. The highest BCUT2D eigenvalue weighted by Gasteiger charge is 2.36. The summed E-state index contributed by atoms with van der Waals surface area (Å²) >= 11 is 7.33. The normalized spacial score (nSPS) is 16.7. The number of hydrogen-bond acceptors (Lipinski definition) is 7. The van der Waals surface area contributed by atoms with Crippen molar-refractivity contribution in [3.63, 3.8) is 0 Å². The molecule has 1 saturated heterocycles. The standard InChI is InChI=1S/C27H30ClF3N4O4S2/c1-26(2,3)39-25(36)35-11-5-6-17(14-35)15-41(37,38)20-9-7-18(8-10-20)23-21(27(29,30)31)12-19(13-22(23)28)34-24(40-4)33-16-32/h7-10,12-13,17H,5-6,11,14-15H2,1-4H3,(H,33,34). The van der Waals surface area contributed by atoms with Crippen molar-refractivity contribution in [3.05, 3.63) is 47.0 Å². The first-order chi connectivity index (χ1) is 19.0. The van der Waals surface area contributed by atoms with Gasteiger partial charge in [-0.1, -0.05) is 35.5 Å². The first-order valence-corrected chi connectivity index (χ1v) is 15.8. The summed E-state index contributed by atoms with van der Waals surface area (Å²) in [5.41, 5.74) is -2.08. The second-order valence-electron chi connectivity index (χ2n) is 10.4. The third-order valence-electron chi connectivity index (χ3n) is 6.10. The SMILES string of the molecule is CSC(=Nc1cc(Cl)c(-c2ccc(S(=O)(=O)CC3CCCN(C(=O)OC(C)(C)C)C3)cc2)c(C(F)(F)F)c1)NC#N. The Morgan fingerprint density at radius 3 is 2.46 bits per heavy atom. The Morgan fingerprint density at radius 2 is 1.90 bits per heavy atom. The van der Waals surface area contributed by atoms with Crippen molar-refractivity contribution in [2.45, 2.75) is 50.3 Å². The molecule has 0 spiro atoms. The summed E-state index contributed by atoms with van der Waals surface area (Å²) in [6, 6.07) is 7.14. The zero-order valence-corrected chi connectivity index (χ0v) is 25.3. The van der Waals surface area contributed by atoms with Gasteiger partial charge in [-0.3, -0.25) is 5.32 Å². The van der Waals surface area contributed by atoms with E-state index in [1.165, 1.54) is 35.2 Å². The van der Waals surface area contributed by atoms with E-state index < -0.39 is 33.3 Å². The maximum Gasteiger partial charge on any atom is 0.417 e. The Labute approximate surface area is 246 Å². The zero-order valence-electron chi connectivity index (χ0n) is 22.9. The van der Waals surface area contributed by atoms with Gasteiger partial charge in [0.25, 0.3) is 0 Å². The zero-order chi connectivity index (χ0) is 30.6. The largest absolute Gasteiger partial charge is 0.444 e. The number of nitriles is 1. The molecule has 1 aliphatic heterocycles. The molecule has 0 radical (unpaired) electrons. The number of nitrogens with one attached hydrogen (secondary N) is 1. The van der Waals surface area contributed by atoms with Gasteiger partial charge in [0.15, 0.2) is 21.2 Å². The fourth-order valence-corrected chi connectivity index (χ4v) is 6.70. The smallest absolute Gasteiger partial charge is 0.417 e. The van der Waals surface area contributed by atoms with Crippen LogP contribution in [0, 0.1) is 17.4 Å². The second kappa shape index (κ2) is 12.9. The van der Waals surface area contributed by atoms with Gasteiger partial charge < -0.3 is 9.64 Å². The van der Waals surface area contributed by atoms with Crippen molar-refractivity contribution in [2.24, 2.45) is 10.9 Å². The van der Waals surface area contributed by atoms with Crippen LogP contribution in [-0.4, -0.2) is 55.3 Å². The number of ether oxygens (including phenoxy) is 1. The second-order valence-corrected chi connectivity index (χ2v) is 13.7. The molecule has 41 heavy (non-hydrogen) atoms. The molecule has 1 atom stereocenters. The summed E-state index contributed by atoms with van der Waals surface area (Å²) < 4.78 is 74.0. The molecule has 1 N–H and O–H groups in total. The third kappa shape index (κ3) is 8.77. The van der Waals surface area contributed by atoms with Gasteiger partial charge in [-0.05, 0) is 75.6 Å². The Balaban J connectivity index is 1.86. The minimum Gasteiger partial charge on any atom is -0.444 e. The Kier molecular flexibility index (Phi) is 10.3. The monoisotopic (exact) mass is 630 g/mol. The van der Waals surface area contributed by atoms with E-state index in [4.69, 9.17) is 21.6 Å². The van der Waals surface area contributed by atoms with Gasteiger partial charge >= 0.3 is 12.3 Å². The topological polar surface area (TPSA) is 112 Å². The number of likely N-dealkylation sites (tertiary alicyclic amines) is 1. The number of piperidine rings is 1. The number of carbonyl (C=O) groups excluding carboxylic acids is 1. The van der Waals surface area contributed by atoms with Gasteiger partial charge in [0.05, 0.1) is 26.9 Å². The van der Waals surface area contributed by atoms with E-state index in [9.17, 15) is 26.4 Å². The van der Waals surface area contributed by atoms with Gasteiger partial charge in [-0.15, -0.1) is 0 Å². The average molecular weight is 631 g/mol. The van der Waals surface area contributed by atoms with E-state index in [0.717, 1.165) is 17.8 Å². The van der Waals surface area contributed by atoms with Crippen LogP contribution in [0.2, 0.25) is 5.02 Å². The van der Waals surface area contributed by atoms with Crippen molar-refractivity contribution in [2.75, 3.05) is 25.1 Å². The molecule has 0 saturated carbocycles. The lowest BCUT2D eigenvalue weighted by Crippen LogP contribution is -2.44. The molecule has 1 heterocycles. The van der Waals surface area contributed by atoms with E-state index in [1.807, 2.05) is 0 Å². The van der Waals surface area contributed by atoms with E-state index >= 15 is 0 Å².